The van der Waals surface area contributed by atoms with Gasteiger partial charge in [0, 0.05) is 23.1 Å². The molecule has 9 heteroatoms. The maximum absolute atomic E-state index is 5.96. The molecule has 4 nitrogen and oxygen atoms in total. The first kappa shape index (κ1) is 17.0. The molecule has 1 saturated heterocycles. The van der Waals surface area contributed by atoms with Crippen molar-refractivity contribution < 1.29 is 0 Å². The van der Waals surface area contributed by atoms with Crippen LogP contribution in [0.25, 0.3) is 0 Å². The summed E-state index contributed by atoms with van der Waals surface area (Å²) in [4.78, 5) is 14.3. The summed E-state index contributed by atoms with van der Waals surface area (Å²) >= 11 is 11.9. The number of hydrogen-bond acceptors (Lipinski definition) is 4. The van der Waals surface area contributed by atoms with Gasteiger partial charge in [0.15, 0.2) is 15.4 Å². The molecule has 132 valence electrons. The summed E-state index contributed by atoms with van der Waals surface area (Å²) in [6, 6.07) is 15.3. The number of rotatable bonds is 2. The summed E-state index contributed by atoms with van der Waals surface area (Å²) in [6.45, 7) is 1.89. The molecule has 3 aliphatic rings. The van der Waals surface area contributed by atoms with E-state index >= 15 is 0 Å². The topological polar surface area (TPSA) is 31.2 Å². The molecule has 0 aliphatic carbocycles. The van der Waals surface area contributed by atoms with Gasteiger partial charge in [-0.1, -0.05) is 23.2 Å². The third-order valence-electron chi connectivity index (χ3n) is 4.02. The lowest BCUT2D eigenvalue weighted by atomic mass is 10.3. The molecule has 0 radical (unpaired) electrons. The van der Waals surface area contributed by atoms with E-state index in [0.717, 1.165) is 44.8 Å². The highest BCUT2D eigenvalue weighted by molar-refractivity contribution is 9.21. The van der Waals surface area contributed by atoms with Crippen molar-refractivity contribution >= 4 is 80.2 Å². The van der Waals surface area contributed by atoms with Gasteiger partial charge in [0.05, 0.1) is 11.4 Å². The molecule has 0 atom stereocenters. The molecule has 0 aromatic heterocycles. The van der Waals surface area contributed by atoms with Crippen LogP contribution in [0.15, 0.2) is 58.5 Å². The molecule has 2 aromatic rings. The number of aliphatic imine (C=N–C) groups is 2. The fraction of sp³-hybridized carbons (Fsp3) is 0.118. The van der Waals surface area contributed by atoms with Crippen LogP contribution in [0.3, 0.4) is 0 Å². The van der Waals surface area contributed by atoms with Crippen molar-refractivity contribution in [1.29, 1.82) is 0 Å². The van der Waals surface area contributed by atoms with Crippen molar-refractivity contribution in [1.82, 2.24) is 9.80 Å². The van der Waals surface area contributed by atoms with Crippen LogP contribution < -0.4 is 0 Å². The second-order valence-corrected chi connectivity index (χ2v) is 12.1. The lowest BCUT2D eigenvalue weighted by Gasteiger charge is -2.16. The van der Waals surface area contributed by atoms with Crippen LogP contribution in [0, 0.1) is 0 Å². The maximum atomic E-state index is 5.96. The SMILES string of the molecule is Clc1ccc(N=C2SS3=C4N2CCN4C(=Nc2ccc(Cl)cc2)S3)cc1. The van der Waals surface area contributed by atoms with E-state index in [-0.39, 0.29) is 8.55 Å². The Morgan fingerprint density at radius 1 is 0.731 bits per heavy atom. The average Bonchev–Trinajstić information content (AvgIpc) is 3.29. The van der Waals surface area contributed by atoms with Crippen LogP contribution in [-0.4, -0.2) is 38.3 Å². The van der Waals surface area contributed by atoms with Crippen LogP contribution >= 0.6 is 53.3 Å². The molecule has 3 aliphatic heterocycles. The Morgan fingerprint density at radius 3 is 1.58 bits per heavy atom. The number of amidine groups is 2. The summed E-state index contributed by atoms with van der Waals surface area (Å²) in [6.07, 6.45) is 0. The first-order valence-electron chi connectivity index (χ1n) is 7.89. The van der Waals surface area contributed by atoms with E-state index in [9.17, 15) is 0 Å². The fourth-order valence-electron chi connectivity index (χ4n) is 2.80. The van der Waals surface area contributed by atoms with Gasteiger partial charge in [-0.3, -0.25) is 9.80 Å². The molecule has 0 amide bonds. The standard InChI is InChI=1S/C17H12Cl2N4S3/c18-11-1-5-13(6-2-11)20-15-22-9-10-23-16(25-26(24-15)17(22)23)21-14-7-3-12(19)4-8-14/h1-8H,9-10H2. The largest absolute Gasteiger partial charge is 0.298 e. The van der Waals surface area contributed by atoms with Gasteiger partial charge in [0.2, 0.25) is 0 Å². The molecule has 0 saturated carbocycles. The second kappa shape index (κ2) is 6.80. The average molecular weight is 439 g/mol. The van der Waals surface area contributed by atoms with Crippen LogP contribution in [0.4, 0.5) is 11.4 Å². The minimum atomic E-state index is 0.00632. The molecule has 1 fully saturated rings. The van der Waals surface area contributed by atoms with Gasteiger partial charge in [0.25, 0.3) is 0 Å². The minimum Gasteiger partial charge on any atom is -0.298 e. The van der Waals surface area contributed by atoms with Crippen molar-refractivity contribution in [2.75, 3.05) is 13.1 Å². The zero-order valence-electron chi connectivity index (χ0n) is 13.3. The molecule has 0 bridgehead atoms. The number of halogens is 2. The summed E-state index contributed by atoms with van der Waals surface area (Å²) < 4.78 is 0. The monoisotopic (exact) mass is 438 g/mol. The van der Waals surface area contributed by atoms with Crippen molar-refractivity contribution in [3.63, 3.8) is 0 Å². The van der Waals surface area contributed by atoms with E-state index < -0.39 is 0 Å². The van der Waals surface area contributed by atoms with Gasteiger partial charge in [-0.2, -0.15) is 0 Å². The van der Waals surface area contributed by atoms with Crippen LogP contribution in [0.2, 0.25) is 10.0 Å². The van der Waals surface area contributed by atoms with E-state index in [4.69, 9.17) is 33.2 Å². The maximum Gasteiger partial charge on any atom is 0.181 e. The van der Waals surface area contributed by atoms with Gasteiger partial charge in [-0.15, -0.1) is 0 Å². The predicted octanol–water partition coefficient (Wildman–Crippen LogP) is 5.97. The highest BCUT2D eigenvalue weighted by Crippen LogP contribution is 2.58. The molecule has 0 N–H and O–H groups in total. The minimum absolute atomic E-state index is 0.00632. The number of hydrogen-bond donors (Lipinski definition) is 0. The Morgan fingerprint density at radius 2 is 1.15 bits per heavy atom. The molecular weight excluding hydrogens is 427 g/mol. The Labute approximate surface area is 171 Å². The van der Waals surface area contributed by atoms with Gasteiger partial charge in [0.1, 0.15) is 0 Å². The van der Waals surface area contributed by atoms with Gasteiger partial charge in [-0.25, -0.2) is 9.98 Å². The lowest BCUT2D eigenvalue weighted by Crippen LogP contribution is -2.32. The van der Waals surface area contributed by atoms with Gasteiger partial charge < -0.3 is 0 Å². The molecule has 3 heterocycles. The smallest absolute Gasteiger partial charge is 0.181 e. The molecular formula is C17H12Cl2N4S3. The molecule has 5 rings (SSSR count). The Kier molecular flexibility index (Phi) is 4.45. The quantitative estimate of drug-likeness (QED) is 0.427. The Hall–Kier alpha value is -1.12. The predicted molar refractivity (Wildman–Crippen MR) is 118 cm³/mol. The highest BCUT2D eigenvalue weighted by Gasteiger charge is 2.45. The Balaban J connectivity index is 1.40. The first-order valence-corrected chi connectivity index (χ1v) is 12.5. The zero-order chi connectivity index (χ0) is 17.7. The summed E-state index contributed by atoms with van der Waals surface area (Å²) in [5.74, 6) is 0. The van der Waals surface area contributed by atoms with E-state index in [0.29, 0.717) is 0 Å². The third kappa shape index (κ3) is 3.05. The van der Waals surface area contributed by atoms with Crippen LogP contribution in [-0.2, 0) is 0 Å². The second-order valence-electron chi connectivity index (χ2n) is 5.73. The van der Waals surface area contributed by atoms with Gasteiger partial charge in [-0.05, 0) is 78.7 Å². The van der Waals surface area contributed by atoms with Crippen molar-refractivity contribution in [2.24, 2.45) is 9.98 Å². The lowest BCUT2D eigenvalue weighted by molar-refractivity contribution is 0.663. The number of benzene rings is 2. The van der Waals surface area contributed by atoms with E-state index in [1.165, 1.54) is 5.11 Å². The third-order valence-corrected chi connectivity index (χ3v) is 10.4. The zero-order valence-corrected chi connectivity index (χ0v) is 17.3. The fourth-order valence-corrected chi connectivity index (χ4v) is 9.76. The van der Waals surface area contributed by atoms with Crippen molar-refractivity contribution in [3.8, 4) is 0 Å². The molecule has 26 heavy (non-hydrogen) atoms. The van der Waals surface area contributed by atoms with E-state index in [1.807, 2.05) is 70.1 Å². The van der Waals surface area contributed by atoms with Crippen LogP contribution in [0.1, 0.15) is 0 Å². The van der Waals surface area contributed by atoms with Gasteiger partial charge >= 0.3 is 0 Å². The Bertz CT molecular complexity index is 893. The highest BCUT2D eigenvalue weighted by atomic mass is 35.5. The van der Waals surface area contributed by atoms with Crippen molar-refractivity contribution in [3.05, 3.63) is 58.6 Å². The molecule has 0 unspecified atom stereocenters. The molecule has 2 aromatic carbocycles. The molecule has 0 spiro atoms. The first-order chi connectivity index (χ1) is 12.7. The number of nitrogens with zero attached hydrogens (tertiary/aromatic N) is 4. The van der Waals surface area contributed by atoms with E-state index in [1.54, 1.807) is 0 Å². The van der Waals surface area contributed by atoms with Crippen molar-refractivity contribution in [2.45, 2.75) is 0 Å². The normalized spacial score (nSPS) is 24.2. The van der Waals surface area contributed by atoms with E-state index in [2.05, 4.69) is 9.80 Å². The summed E-state index contributed by atoms with van der Waals surface area (Å²) in [5, 5.41) is 4.90. The summed E-state index contributed by atoms with van der Waals surface area (Å²) in [7, 11) is 3.63. The van der Waals surface area contributed by atoms with Crippen LogP contribution in [0.5, 0.6) is 0 Å². The summed E-state index contributed by atoms with van der Waals surface area (Å²) in [5.41, 5.74) is 1.86.